The number of nitrogens with zero attached hydrogens (tertiary/aromatic N) is 2. The minimum atomic E-state index is -0.427. The van der Waals surface area contributed by atoms with E-state index >= 15 is 0 Å². The van der Waals surface area contributed by atoms with Crippen LogP contribution in [0.1, 0.15) is 5.56 Å². The second kappa shape index (κ2) is 5.71. The van der Waals surface area contributed by atoms with Gasteiger partial charge in [-0.3, -0.25) is 0 Å². The topological polar surface area (TPSA) is 71.5 Å². The summed E-state index contributed by atoms with van der Waals surface area (Å²) >= 11 is 2.77. The number of para-hydroxylation sites is 1. The number of benzene rings is 2. The highest BCUT2D eigenvalue weighted by molar-refractivity contribution is 8.01. The molecule has 3 aromatic rings. The summed E-state index contributed by atoms with van der Waals surface area (Å²) in [5.74, 6) is -0.547. The lowest BCUT2D eigenvalue weighted by atomic mass is 10.2. The van der Waals surface area contributed by atoms with Crippen LogP contribution in [-0.2, 0) is 0 Å². The van der Waals surface area contributed by atoms with Gasteiger partial charge in [0.05, 0.1) is 15.1 Å². The molecule has 1 heterocycles. The van der Waals surface area contributed by atoms with Crippen molar-refractivity contribution in [1.82, 2.24) is 4.98 Å². The van der Waals surface area contributed by atoms with E-state index in [0.717, 1.165) is 14.6 Å². The number of nitrogens with two attached hydrogens (primary N) is 1. The van der Waals surface area contributed by atoms with Gasteiger partial charge >= 0.3 is 0 Å². The third-order valence-corrected chi connectivity index (χ3v) is 4.95. The molecule has 0 radical (unpaired) electrons. The Bertz CT molecular complexity index is 799. The predicted octanol–water partition coefficient (Wildman–Crippen LogP) is 3.68. The summed E-state index contributed by atoms with van der Waals surface area (Å²) in [6, 6.07) is 12.2. The maximum Gasteiger partial charge on any atom is 0.170 e. The zero-order chi connectivity index (χ0) is 14.8. The molecule has 4 nitrogen and oxygen atoms in total. The van der Waals surface area contributed by atoms with Crippen LogP contribution in [0.5, 0.6) is 0 Å². The van der Waals surface area contributed by atoms with Gasteiger partial charge < -0.3 is 10.9 Å². The van der Waals surface area contributed by atoms with Crippen LogP contribution in [0.3, 0.4) is 0 Å². The van der Waals surface area contributed by atoms with Crippen molar-refractivity contribution in [2.45, 2.75) is 9.24 Å². The van der Waals surface area contributed by atoms with Crippen molar-refractivity contribution >= 4 is 39.2 Å². The zero-order valence-electron chi connectivity index (χ0n) is 10.7. The fraction of sp³-hybridized carbons (Fsp3) is 0. The smallest absolute Gasteiger partial charge is 0.170 e. The van der Waals surface area contributed by atoms with Crippen molar-refractivity contribution in [3.63, 3.8) is 0 Å². The Morgan fingerprint density at radius 2 is 2.10 bits per heavy atom. The van der Waals surface area contributed by atoms with Crippen molar-refractivity contribution in [2.75, 3.05) is 0 Å². The highest BCUT2D eigenvalue weighted by Crippen LogP contribution is 2.35. The molecule has 0 aliphatic heterocycles. The molecule has 0 saturated carbocycles. The normalized spacial score (nSPS) is 12.0. The lowest BCUT2D eigenvalue weighted by molar-refractivity contribution is 0.318. The van der Waals surface area contributed by atoms with Crippen LogP contribution in [0.2, 0.25) is 0 Å². The molecule has 0 atom stereocenters. The molecule has 0 spiro atoms. The molecule has 106 valence electrons. The lowest BCUT2D eigenvalue weighted by Gasteiger charge is -2.03. The first kappa shape index (κ1) is 13.8. The van der Waals surface area contributed by atoms with E-state index in [4.69, 9.17) is 10.9 Å². The fourth-order valence-electron chi connectivity index (χ4n) is 1.79. The van der Waals surface area contributed by atoms with Crippen LogP contribution in [-0.4, -0.2) is 16.0 Å². The molecule has 0 fully saturated rings. The Morgan fingerprint density at radius 1 is 1.29 bits per heavy atom. The third-order valence-electron chi connectivity index (χ3n) is 2.81. The van der Waals surface area contributed by atoms with Gasteiger partial charge in [-0.15, -0.1) is 11.3 Å². The van der Waals surface area contributed by atoms with Gasteiger partial charge in [-0.25, -0.2) is 9.37 Å². The van der Waals surface area contributed by atoms with E-state index in [1.807, 2.05) is 24.3 Å². The van der Waals surface area contributed by atoms with E-state index < -0.39 is 5.82 Å². The standard InChI is InChI=1S/C14H10FN3OS2/c15-9-7-8(13(16)18-19)5-6-11(9)20-14-17-10-3-1-2-4-12(10)21-14/h1-7,19H,(H2,16,18). The van der Waals surface area contributed by atoms with Crippen LogP contribution in [0.15, 0.2) is 56.9 Å². The van der Waals surface area contributed by atoms with Gasteiger partial charge in [0.2, 0.25) is 0 Å². The number of thiazole rings is 1. The minimum Gasteiger partial charge on any atom is -0.409 e. The van der Waals surface area contributed by atoms with Gasteiger partial charge in [0, 0.05) is 5.56 Å². The summed E-state index contributed by atoms with van der Waals surface area (Å²) in [5.41, 5.74) is 6.67. The minimum absolute atomic E-state index is 0.120. The van der Waals surface area contributed by atoms with E-state index in [0.29, 0.717) is 10.5 Å². The Kier molecular flexibility index (Phi) is 3.76. The molecule has 21 heavy (non-hydrogen) atoms. The largest absolute Gasteiger partial charge is 0.409 e. The zero-order valence-corrected chi connectivity index (χ0v) is 12.3. The quantitative estimate of drug-likeness (QED) is 0.334. The molecule has 0 aliphatic carbocycles. The van der Waals surface area contributed by atoms with Crippen molar-refractivity contribution in [1.29, 1.82) is 0 Å². The first-order valence-electron chi connectivity index (χ1n) is 5.98. The van der Waals surface area contributed by atoms with Gasteiger partial charge in [0.25, 0.3) is 0 Å². The second-order valence-electron chi connectivity index (χ2n) is 4.18. The van der Waals surface area contributed by atoms with Gasteiger partial charge in [-0.2, -0.15) is 0 Å². The first-order valence-corrected chi connectivity index (χ1v) is 7.61. The number of amidine groups is 1. The van der Waals surface area contributed by atoms with Gasteiger partial charge in [-0.05, 0) is 30.3 Å². The van der Waals surface area contributed by atoms with Gasteiger partial charge in [-0.1, -0.05) is 29.1 Å². The Labute approximate surface area is 128 Å². The van der Waals surface area contributed by atoms with Crippen LogP contribution in [0.4, 0.5) is 4.39 Å². The van der Waals surface area contributed by atoms with E-state index in [-0.39, 0.29) is 5.84 Å². The lowest BCUT2D eigenvalue weighted by Crippen LogP contribution is -2.13. The molecule has 3 rings (SSSR count). The number of hydrogen-bond acceptors (Lipinski definition) is 5. The summed E-state index contributed by atoms with van der Waals surface area (Å²) < 4.78 is 15.9. The van der Waals surface area contributed by atoms with E-state index in [9.17, 15) is 4.39 Å². The number of halogens is 1. The average Bonchev–Trinajstić information content (AvgIpc) is 2.90. The number of fused-ring (bicyclic) bond motifs is 1. The molecule has 7 heteroatoms. The Hall–Kier alpha value is -2.12. The summed E-state index contributed by atoms with van der Waals surface area (Å²) in [6.45, 7) is 0. The maximum absolute atomic E-state index is 14.1. The molecule has 1 aromatic heterocycles. The van der Waals surface area contributed by atoms with Crippen LogP contribution < -0.4 is 5.73 Å². The number of oxime groups is 1. The van der Waals surface area contributed by atoms with E-state index in [1.54, 1.807) is 12.1 Å². The molecular formula is C14H10FN3OS2. The predicted molar refractivity (Wildman–Crippen MR) is 82.7 cm³/mol. The highest BCUT2D eigenvalue weighted by Gasteiger charge is 2.11. The molecule has 0 bridgehead atoms. The SMILES string of the molecule is N/C(=N\O)c1ccc(Sc2nc3ccccc3s2)c(F)c1. The van der Waals surface area contributed by atoms with E-state index in [1.165, 1.54) is 29.2 Å². The summed E-state index contributed by atoms with van der Waals surface area (Å²) in [6.07, 6.45) is 0. The van der Waals surface area contributed by atoms with E-state index in [2.05, 4.69) is 10.1 Å². The molecule has 3 N–H and O–H groups in total. The molecular weight excluding hydrogens is 309 g/mol. The number of hydrogen-bond donors (Lipinski definition) is 2. The van der Waals surface area contributed by atoms with Crippen molar-refractivity contribution < 1.29 is 9.60 Å². The van der Waals surface area contributed by atoms with Crippen LogP contribution in [0, 0.1) is 5.82 Å². The molecule has 2 aromatic carbocycles. The van der Waals surface area contributed by atoms with Gasteiger partial charge in [0.1, 0.15) is 5.82 Å². The number of rotatable bonds is 3. The highest BCUT2D eigenvalue weighted by atomic mass is 32.2. The summed E-state index contributed by atoms with van der Waals surface area (Å²) in [7, 11) is 0. The number of aromatic nitrogens is 1. The van der Waals surface area contributed by atoms with Crippen molar-refractivity contribution in [2.24, 2.45) is 10.9 Å². The van der Waals surface area contributed by atoms with Crippen LogP contribution >= 0.6 is 23.1 Å². The molecule has 0 amide bonds. The van der Waals surface area contributed by atoms with Crippen LogP contribution in [0.25, 0.3) is 10.2 Å². The molecule has 0 aliphatic rings. The van der Waals surface area contributed by atoms with Crippen molar-refractivity contribution in [3.05, 3.63) is 53.8 Å². The molecule has 0 unspecified atom stereocenters. The maximum atomic E-state index is 14.1. The van der Waals surface area contributed by atoms with Gasteiger partial charge in [0.15, 0.2) is 10.2 Å². The third kappa shape index (κ3) is 2.84. The molecule has 0 saturated heterocycles. The first-order chi connectivity index (χ1) is 10.2. The van der Waals surface area contributed by atoms with Crippen molar-refractivity contribution in [3.8, 4) is 0 Å². The fourth-order valence-corrected chi connectivity index (χ4v) is 3.82. The summed E-state index contributed by atoms with van der Waals surface area (Å²) in [4.78, 5) is 4.90. The average molecular weight is 319 g/mol. The second-order valence-corrected chi connectivity index (χ2v) is 6.50. The Balaban J connectivity index is 1.91. The Morgan fingerprint density at radius 3 is 2.81 bits per heavy atom. The summed E-state index contributed by atoms with van der Waals surface area (Å²) in [5, 5.41) is 11.4. The monoisotopic (exact) mass is 319 g/mol.